The summed E-state index contributed by atoms with van der Waals surface area (Å²) in [7, 11) is -3.69. The number of halogens is 3. The van der Waals surface area contributed by atoms with Gasteiger partial charge in [0.05, 0.1) is 21.2 Å². The molecule has 0 bridgehead atoms. The second kappa shape index (κ2) is 6.79. The minimum Gasteiger partial charge on any atom is -0.200 e. The van der Waals surface area contributed by atoms with E-state index in [0.29, 0.717) is 15.6 Å². The van der Waals surface area contributed by atoms with E-state index in [1.54, 1.807) is 30.3 Å². The van der Waals surface area contributed by atoms with Gasteiger partial charge in [0.2, 0.25) is 0 Å². The van der Waals surface area contributed by atoms with Crippen molar-refractivity contribution in [3.05, 3.63) is 62.5 Å². The van der Waals surface area contributed by atoms with Gasteiger partial charge in [-0.15, -0.1) is 0 Å². The number of sulfonamides is 1. The van der Waals surface area contributed by atoms with Crippen molar-refractivity contribution in [2.24, 2.45) is 5.10 Å². The predicted octanol–water partition coefficient (Wildman–Crippen LogP) is 4.07. The summed E-state index contributed by atoms with van der Waals surface area (Å²) in [6.45, 7) is 0. The van der Waals surface area contributed by atoms with Gasteiger partial charge in [0.1, 0.15) is 0 Å². The first kappa shape index (κ1) is 16.3. The summed E-state index contributed by atoms with van der Waals surface area (Å²) in [5.74, 6) is 0. The molecule has 0 spiro atoms. The molecule has 0 saturated carbocycles. The van der Waals surface area contributed by atoms with E-state index in [0.717, 1.165) is 4.47 Å². The smallest absolute Gasteiger partial charge is 0.200 e. The molecule has 2 rings (SSSR count). The quantitative estimate of drug-likeness (QED) is 0.613. The van der Waals surface area contributed by atoms with Crippen LogP contribution in [0.1, 0.15) is 5.56 Å². The molecule has 0 fully saturated rings. The van der Waals surface area contributed by atoms with Crippen molar-refractivity contribution >= 4 is 55.4 Å². The number of nitrogens with zero attached hydrogens (tertiary/aromatic N) is 1. The van der Waals surface area contributed by atoms with Crippen LogP contribution in [0.2, 0.25) is 10.0 Å². The molecule has 0 heterocycles. The zero-order valence-electron chi connectivity index (χ0n) is 10.4. The van der Waals surface area contributed by atoms with E-state index in [1.165, 1.54) is 18.3 Å². The highest BCUT2D eigenvalue weighted by atomic mass is 79.9. The first-order valence-electron chi connectivity index (χ1n) is 5.64. The fourth-order valence-electron chi connectivity index (χ4n) is 1.43. The van der Waals surface area contributed by atoms with E-state index >= 15 is 0 Å². The third kappa shape index (κ3) is 4.44. The molecule has 0 atom stereocenters. The number of rotatable bonds is 4. The number of hydrogen-bond acceptors (Lipinski definition) is 3. The van der Waals surface area contributed by atoms with E-state index < -0.39 is 10.0 Å². The lowest BCUT2D eigenvalue weighted by molar-refractivity contribution is 0.584. The maximum atomic E-state index is 12.0. The summed E-state index contributed by atoms with van der Waals surface area (Å²) in [6.07, 6.45) is 1.35. The average Bonchev–Trinajstić information content (AvgIpc) is 2.43. The summed E-state index contributed by atoms with van der Waals surface area (Å²) in [4.78, 5) is 2.25. The molecule has 2 aromatic carbocycles. The molecule has 0 aromatic heterocycles. The van der Waals surface area contributed by atoms with Crippen molar-refractivity contribution in [2.45, 2.75) is 4.90 Å². The Morgan fingerprint density at radius 2 is 1.71 bits per heavy atom. The molecule has 0 unspecified atom stereocenters. The highest BCUT2D eigenvalue weighted by molar-refractivity contribution is 9.10. The molecule has 1 N–H and O–H groups in total. The molecule has 0 aliphatic heterocycles. The summed E-state index contributed by atoms with van der Waals surface area (Å²) in [5.41, 5.74) is 0.628. The van der Waals surface area contributed by atoms with Crippen molar-refractivity contribution < 1.29 is 8.42 Å². The SMILES string of the molecule is O=S(=O)(N/N=C/c1ccc(Cl)c(Cl)c1)c1ccc(Br)cc1. The second-order valence-electron chi connectivity index (χ2n) is 3.98. The van der Waals surface area contributed by atoms with Crippen molar-refractivity contribution in [3.8, 4) is 0 Å². The van der Waals surface area contributed by atoms with Crippen molar-refractivity contribution in [1.82, 2.24) is 4.83 Å². The van der Waals surface area contributed by atoms with Gasteiger partial charge >= 0.3 is 0 Å². The average molecular weight is 408 g/mol. The Bertz CT molecular complexity index is 777. The summed E-state index contributed by atoms with van der Waals surface area (Å²) in [6, 6.07) is 11.1. The van der Waals surface area contributed by atoms with Crippen LogP contribution in [-0.4, -0.2) is 14.6 Å². The molecule has 0 radical (unpaired) electrons. The van der Waals surface area contributed by atoms with E-state index in [9.17, 15) is 8.42 Å². The van der Waals surface area contributed by atoms with Gasteiger partial charge in [-0.25, -0.2) is 4.83 Å². The lowest BCUT2D eigenvalue weighted by atomic mass is 10.2. The number of hydrazone groups is 1. The lowest BCUT2D eigenvalue weighted by Gasteiger charge is -2.03. The molecule has 0 amide bonds. The molecule has 4 nitrogen and oxygen atoms in total. The van der Waals surface area contributed by atoms with Crippen LogP contribution in [0.5, 0.6) is 0 Å². The standard InChI is InChI=1S/C13H9BrCl2N2O2S/c14-10-2-4-11(5-3-10)21(19,20)18-17-8-9-1-6-12(15)13(16)7-9/h1-8,18H/b17-8+. The fourth-order valence-corrected chi connectivity index (χ4v) is 2.79. The molecule has 0 aliphatic carbocycles. The van der Waals surface area contributed by atoms with Crippen molar-refractivity contribution in [1.29, 1.82) is 0 Å². The van der Waals surface area contributed by atoms with Crippen LogP contribution in [0.15, 0.2) is 56.9 Å². The second-order valence-corrected chi connectivity index (χ2v) is 7.37. The first-order valence-corrected chi connectivity index (χ1v) is 8.67. The molecule has 21 heavy (non-hydrogen) atoms. The Balaban J connectivity index is 2.12. The lowest BCUT2D eigenvalue weighted by Crippen LogP contribution is -2.18. The highest BCUT2D eigenvalue weighted by Gasteiger charge is 2.11. The normalized spacial score (nSPS) is 11.8. The highest BCUT2D eigenvalue weighted by Crippen LogP contribution is 2.21. The molecule has 8 heteroatoms. The first-order chi connectivity index (χ1) is 9.88. The minimum absolute atomic E-state index is 0.122. The Morgan fingerprint density at radius 1 is 1.05 bits per heavy atom. The Labute approximate surface area is 141 Å². The maximum Gasteiger partial charge on any atom is 0.276 e. The zero-order valence-corrected chi connectivity index (χ0v) is 14.3. The third-order valence-corrected chi connectivity index (χ3v) is 4.96. The molecule has 0 aliphatic rings. The van der Waals surface area contributed by atoms with Crippen LogP contribution < -0.4 is 4.83 Å². The third-order valence-electron chi connectivity index (χ3n) is 2.45. The van der Waals surface area contributed by atoms with E-state index in [4.69, 9.17) is 23.2 Å². The fraction of sp³-hybridized carbons (Fsp3) is 0. The van der Waals surface area contributed by atoms with Gasteiger partial charge in [0.15, 0.2) is 0 Å². The minimum atomic E-state index is -3.69. The summed E-state index contributed by atoms with van der Waals surface area (Å²) >= 11 is 14.9. The van der Waals surface area contributed by atoms with Gasteiger partial charge in [0, 0.05) is 4.47 Å². The molecule has 2 aromatic rings. The zero-order chi connectivity index (χ0) is 15.5. The van der Waals surface area contributed by atoms with E-state index in [2.05, 4.69) is 25.9 Å². The van der Waals surface area contributed by atoms with E-state index in [-0.39, 0.29) is 4.90 Å². The number of benzene rings is 2. The van der Waals surface area contributed by atoms with Gasteiger partial charge in [-0.1, -0.05) is 45.2 Å². The van der Waals surface area contributed by atoms with Gasteiger partial charge in [-0.2, -0.15) is 13.5 Å². The van der Waals surface area contributed by atoms with Gasteiger partial charge in [-0.05, 0) is 42.0 Å². The molecular weight excluding hydrogens is 399 g/mol. The van der Waals surface area contributed by atoms with Crippen LogP contribution in [0.3, 0.4) is 0 Å². The Hall–Kier alpha value is -1.08. The van der Waals surface area contributed by atoms with Crippen LogP contribution in [0.25, 0.3) is 0 Å². The Morgan fingerprint density at radius 3 is 2.33 bits per heavy atom. The van der Waals surface area contributed by atoms with Crippen LogP contribution in [0, 0.1) is 0 Å². The van der Waals surface area contributed by atoms with Crippen LogP contribution in [0.4, 0.5) is 0 Å². The van der Waals surface area contributed by atoms with Gasteiger partial charge in [0.25, 0.3) is 10.0 Å². The van der Waals surface area contributed by atoms with Crippen molar-refractivity contribution in [2.75, 3.05) is 0 Å². The van der Waals surface area contributed by atoms with Gasteiger partial charge < -0.3 is 0 Å². The number of hydrogen-bond donors (Lipinski definition) is 1. The summed E-state index contributed by atoms with van der Waals surface area (Å²) in [5, 5.41) is 4.50. The van der Waals surface area contributed by atoms with Crippen molar-refractivity contribution in [3.63, 3.8) is 0 Å². The van der Waals surface area contributed by atoms with Crippen LogP contribution in [-0.2, 0) is 10.0 Å². The largest absolute Gasteiger partial charge is 0.276 e. The van der Waals surface area contributed by atoms with E-state index in [1.807, 2.05) is 0 Å². The topological polar surface area (TPSA) is 58.5 Å². The number of nitrogens with one attached hydrogen (secondary N) is 1. The monoisotopic (exact) mass is 406 g/mol. The van der Waals surface area contributed by atoms with Gasteiger partial charge in [-0.3, -0.25) is 0 Å². The Kier molecular flexibility index (Phi) is 5.27. The molecule has 0 saturated heterocycles. The molecule has 110 valence electrons. The van der Waals surface area contributed by atoms with Crippen LogP contribution >= 0.6 is 39.1 Å². The summed E-state index contributed by atoms with van der Waals surface area (Å²) < 4.78 is 24.7. The molecular formula is C13H9BrCl2N2O2S. The maximum absolute atomic E-state index is 12.0. The predicted molar refractivity (Wildman–Crippen MR) is 88.5 cm³/mol.